The molecule has 0 radical (unpaired) electrons. The second-order valence-electron chi connectivity index (χ2n) is 5.07. The summed E-state index contributed by atoms with van der Waals surface area (Å²) in [6, 6.07) is 8.70. The summed E-state index contributed by atoms with van der Waals surface area (Å²) < 4.78 is 5.72. The predicted molar refractivity (Wildman–Crippen MR) is 86.2 cm³/mol. The molecule has 0 saturated carbocycles. The molecule has 0 aliphatic carbocycles. The van der Waals surface area contributed by atoms with Crippen molar-refractivity contribution in [2.75, 3.05) is 25.2 Å². The van der Waals surface area contributed by atoms with E-state index in [-0.39, 0.29) is 0 Å². The van der Waals surface area contributed by atoms with Gasteiger partial charge in [0, 0.05) is 17.4 Å². The average molecular weight is 281 g/mol. The Hall–Kier alpha value is -0.670. The Labute approximate surface area is 122 Å². The molecular formula is C16H27NOS. The third kappa shape index (κ3) is 5.87. The summed E-state index contributed by atoms with van der Waals surface area (Å²) in [4.78, 5) is 0. The van der Waals surface area contributed by atoms with Crippen LogP contribution < -0.4 is 10.1 Å². The molecule has 1 aromatic rings. The maximum Gasteiger partial charge on any atom is 0.124 e. The van der Waals surface area contributed by atoms with Crippen LogP contribution in [0.2, 0.25) is 0 Å². The van der Waals surface area contributed by atoms with E-state index in [2.05, 4.69) is 37.4 Å². The smallest absolute Gasteiger partial charge is 0.124 e. The maximum absolute atomic E-state index is 5.72. The first kappa shape index (κ1) is 16.4. The SMILES string of the molecule is CCOc1ccccc1C(CSCCC(C)C)NC. The largest absolute Gasteiger partial charge is 0.494 e. The number of hydrogen-bond donors (Lipinski definition) is 1. The molecule has 1 N–H and O–H groups in total. The van der Waals surface area contributed by atoms with Gasteiger partial charge in [0.1, 0.15) is 5.75 Å². The number of benzene rings is 1. The van der Waals surface area contributed by atoms with Crippen LogP contribution in [0.1, 0.15) is 38.8 Å². The highest BCUT2D eigenvalue weighted by atomic mass is 32.2. The summed E-state index contributed by atoms with van der Waals surface area (Å²) in [6.45, 7) is 7.30. The Balaban J connectivity index is 2.58. The van der Waals surface area contributed by atoms with Crippen molar-refractivity contribution >= 4 is 11.8 Å². The molecule has 0 saturated heterocycles. The van der Waals surface area contributed by atoms with Gasteiger partial charge in [-0.2, -0.15) is 11.8 Å². The fourth-order valence-electron chi connectivity index (χ4n) is 1.90. The monoisotopic (exact) mass is 281 g/mol. The van der Waals surface area contributed by atoms with Gasteiger partial charge < -0.3 is 10.1 Å². The van der Waals surface area contributed by atoms with Gasteiger partial charge in [-0.15, -0.1) is 0 Å². The number of para-hydroxylation sites is 1. The molecule has 108 valence electrons. The molecule has 19 heavy (non-hydrogen) atoms. The number of hydrogen-bond acceptors (Lipinski definition) is 3. The second kappa shape index (κ2) is 9.27. The molecule has 0 spiro atoms. The van der Waals surface area contributed by atoms with Crippen LogP contribution in [-0.2, 0) is 0 Å². The highest BCUT2D eigenvalue weighted by Gasteiger charge is 2.14. The molecule has 3 heteroatoms. The second-order valence-corrected chi connectivity index (χ2v) is 6.22. The van der Waals surface area contributed by atoms with Gasteiger partial charge >= 0.3 is 0 Å². The number of thioether (sulfide) groups is 1. The first-order valence-corrected chi connectivity index (χ1v) is 8.31. The molecular weight excluding hydrogens is 254 g/mol. The lowest BCUT2D eigenvalue weighted by Gasteiger charge is -2.19. The molecule has 0 bridgehead atoms. The van der Waals surface area contributed by atoms with Crippen molar-refractivity contribution in [1.82, 2.24) is 5.32 Å². The van der Waals surface area contributed by atoms with Gasteiger partial charge in [0.25, 0.3) is 0 Å². The molecule has 1 rings (SSSR count). The van der Waals surface area contributed by atoms with Crippen LogP contribution in [-0.4, -0.2) is 25.2 Å². The van der Waals surface area contributed by atoms with Crippen molar-refractivity contribution in [1.29, 1.82) is 0 Å². The fourth-order valence-corrected chi connectivity index (χ4v) is 3.29. The Morgan fingerprint density at radius 3 is 2.63 bits per heavy atom. The van der Waals surface area contributed by atoms with Crippen molar-refractivity contribution in [2.24, 2.45) is 5.92 Å². The fraction of sp³-hybridized carbons (Fsp3) is 0.625. The van der Waals surface area contributed by atoms with Crippen LogP contribution in [0.5, 0.6) is 5.75 Å². The van der Waals surface area contributed by atoms with Crippen LogP contribution in [0, 0.1) is 5.92 Å². The van der Waals surface area contributed by atoms with Crippen LogP contribution in [0.25, 0.3) is 0 Å². The zero-order chi connectivity index (χ0) is 14.1. The molecule has 0 aliphatic rings. The molecule has 1 aromatic carbocycles. The van der Waals surface area contributed by atoms with Crippen molar-refractivity contribution in [3.63, 3.8) is 0 Å². The van der Waals surface area contributed by atoms with E-state index in [0.717, 1.165) is 17.4 Å². The van der Waals surface area contributed by atoms with Crippen LogP contribution in [0.3, 0.4) is 0 Å². The molecule has 1 unspecified atom stereocenters. The Bertz CT molecular complexity index is 354. The third-order valence-corrected chi connectivity index (χ3v) is 4.16. The third-order valence-electron chi connectivity index (χ3n) is 3.07. The minimum Gasteiger partial charge on any atom is -0.494 e. The summed E-state index contributed by atoms with van der Waals surface area (Å²) in [5, 5.41) is 3.40. The van der Waals surface area contributed by atoms with E-state index in [1.54, 1.807) is 0 Å². The van der Waals surface area contributed by atoms with Gasteiger partial charge in [0.15, 0.2) is 0 Å². The normalized spacial score (nSPS) is 12.7. The molecule has 0 aliphatic heterocycles. The number of rotatable bonds is 9. The predicted octanol–water partition coefficient (Wildman–Crippen LogP) is 4.13. The summed E-state index contributed by atoms with van der Waals surface area (Å²) in [5.41, 5.74) is 1.27. The van der Waals surface area contributed by atoms with Crippen LogP contribution in [0.15, 0.2) is 24.3 Å². The standard InChI is InChI=1S/C16H27NOS/c1-5-18-16-9-7-6-8-14(16)15(17-4)12-19-11-10-13(2)3/h6-9,13,15,17H,5,10-12H2,1-4H3. The van der Waals surface area contributed by atoms with Gasteiger partial charge in [-0.05, 0) is 38.1 Å². The van der Waals surface area contributed by atoms with E-state index < -0.39 is 0 Å². The van der Waals surface area contributed by atoms with Crippen molar-refractivity contribution < 1.29 is 4.74 Å². The lowest BCUT2D eigenvalue weighted by atomic mass is 10.1. The van der Waals surface area contributed by atoms with Gasteiger partial charge in [-0.1, -0.05) is 32.0 Å². The molecule has 0 amide bonds. The van der Waals surface area contributed by atoms with Gasteiger partial charge in [0.05, 0.1) is 6.61 Å². The van der Waals surface area contributed by atoms with Crippen LogP contribution in [0.4, 0.5) is 0 Å². The minimum atomic E-state index is 0.361. The molecule has 0 heterocycles. The molecule has 2 nitrogen and oxygen atoms in total. The average Bonchev–Trinajstić information content (AvgIpc) is 2.40. The first-order chi connectivity index (χ1) is 9.19. The van der Waals surface area contributed by atoms with Crippen molar-refractivity contribution in [3.05, 3.63) is 29.8 Å². The van der Waals surface area contributed by atoms with E-state index >= 15 is 0 Å². The van der Waals surface area contributed by atoms with Gasteiger partial charge in [-0.25, -0.2) is 0 Å². The van der Waals surface area contributed by atoms with E-state index in [1.807, 2.05) is 31.8 Å². The quantitative estimate of drug-likeness (QED) is 0.688. The van der Waals surface area contributed by atoms with E-state index in [9.17, 15) is 0 Å². The lowest BCUT2D eigenvalue weighted by Crippen LogP contribution is -2.20. The Morgan fingerprint density at radius 2 is 2.00 bits per heavy atom. The Morgan fingerprint density at radius 1 is 1.26 bits per heavy atom. The Kier molecular flexibility index (Phi) is 7.99. The minimum absolute atomic E-state index is 0.361. The highest BCUT2D eigenvalue weighted by Crippen LogP contribution is 2.27. The van der Waals surface area contributed by atoms with Gasteiger partial charge in [0.2, 0.25) is 0 Å². The first-order valence-electron chi connectivity index (χ1n) is 7.15. The number of ether oxygens (including phenoxy) is 1. The molecule has 0 fully saturated rings. The lowest BCUT2D eigenvalue weighted by molar-refractivity contribution is 0.333. The summed E-state index contributed by atoms with van der Waals surface area (Å²) in [5.74, 6) is 4.12. The van der Waals surface area contributed by atoms with Crippen molar-refractivity contribution in [2.45, 2.75) is 33.2 Å². The van der Waals surface area contributed by atoms with Gasteiger partial charge in [-0.3, -0.25) is 0 Å². The number of nitrogens with one attached hydrogen (secondary N) is 1. The molecule has 1 atom stereocenters. The van der Waals surface area contributed by atoms with Crippen LogP contribution >= 0.6 is 11.8 Å². The summed E-state index contributed by atoms with van der Waals surface area (Å²) in [7, 11) is 2.02. The highest BCUT2D eigenvalue weighted by molar-refractivity contribution is 7.99. The summed E-state index contributed by atoms with van der Waals surface area (Å²) >= 11 is 2.02. The maximum atomic E-state index is 5.72. The summed E-state index contributed by atoms with van der Waals surface area (Å²) in [6.07, 6.45) is 1.29. The molecule has 0 aromatic heterocycles. The van der Waals surface area contributed by atoms with Crippen molar-refractivity contribution in [3.8, 4) is 5.75 Å². The zero-order valence-corrected chi connectivity index (χ0v) is 13.4. The van der Waals surface area contributed by atoms with E-state index in [0.29, 0.717) is 12.6 Å². The topological polar surface area (TPSA) is 21.3 Å². The van der Waals surface area contributed by atoms with E-state index in [4.69, 9.17) is 4.74 Å². The zero-order valence-electron chi connectivity index (χ0n) is 12.6. The van der Waals surface area contributed by atoms with E-state index in [1.165, 1.54) is 17.7 Å².